The molecule has 0 aromatic heterocycles. The second-order valence-corrected chi connectivity index (χ2v) is 21.8. The fourth-order valence-electron chi connectivity index (χ4n) is 14.0. The molecule has 6 rings (SSSR count). The number of ether oxygens (including phenoxy) is 1. The lowest BCUT2D eigenvalue weighted by Crippen LogP contribution is -2.66. The number of benzene rings is 1. The molecule has 0 heterocycles. The van der Waals surface area contributed by atoms with Crippen LogP contribution < -0.4 is 5.32 Å². The predicted octanol–water partition coefficient (Wildman–Crippen LogP) is 9.92. The molecule has 4 fully saturated rings. The van der Waals surface area contributed by atoms with E-state index in [1.165, 1.54) is 5.57 Å². The van der Waals surface area contributed by atoms with E-state index in [1.807, 2.05) is 36.2 Å². The minimum Gasteiger partial charge on any atom is -0.481 e. The molecule has 0 aliphatic heterocycles. The van der Waals surface area contributed by atoms with Gasteiger partial charge in [-0.25, -0.2) is 0 Å². The van der Waals surface area contributed by atoms with E-state index in [0.717, 1.165) is 62.5 Å². The maximum absolute atomic E-state index is 14.4. The van der Waals surface area contributed by atoms with Crippen LogP contribution in [-0.2, 0) is 30.5 Å². The van der Waals surface area contributed by atoms with E-state index in [4.69, 9.17) is 16.3 Å². The van der Waals surface area contributed by atoms with Gasteiger partial charge in [0.15, 0.2) is 5.78 Å². The quantitative estimate of drug-likeness (QED) is 0.202. The number of carboxylic acid groups (broad SMARTS) is 1. The number of hydrogen-bond acceptors (Lipinski definition) is 6. The first kappa shape index (κ1) is 43.9. The molecule has 9 unspecified atom stereocenters. The van der Waals surface area contributed by atoms with Crippen LogP contribution >= 0.6 is 11.6 Å². The Bertz CT molecular complexity index is 1780. The maximum Gasteiger partial charge on any atom is 0.309 e. The van der Waals surface area contributed by atoms with Crippen molar-refractivity contribution >= 4 is 35.2 Å². The number of Topliss-reactive ketones (excluding diaryl/α,β-unsaturated/α-hetero) is 1. The number of hydrogen-bond donors (Lipinski definition) is 2. The topological polar surface area (TPSA) is 113 Å². The van der Waals surface area contributed by atoms with Crippen LogP contribution in [0.2, 0.25) is 5.02 Å². The van der Waals surface area contributed by atoms with Crippen molar-refractivity contribution in [3.8, 4) is 0 Å². The van der Waals surface area contributed by atoms with Crippen LogP contribution in [-0.4, -0.2) is 59.9 Å². The largest absolute Gasteiger partial charge is 0.481 e. The highest BCUT2D eigenvalue weighted by molar-refractivity contribution is 6.30. The standard InChI is InChI=1S/C48H71ClN2O6/c1-29(2)40-34(52)24-48(30(3)27-51(38(53)26-50-11)28-31-12-14-32(49)15-13-31)23-22-46(9)33(41(40)48)16-17-36-45(8)20-19-37(57-39(54)25-43(4,5)42(55)56)44(6,7)35(45)18-21-47(36,46)10/h12-15,29-30,33,35-37,50H,16-28H2,1-11H3,(H,55,56). The normalized spacial score (nSPS) is 35.1. The Morgan fingerprint density at radius 1 is 0.930 bits per heavy atom. The number of aliphatic carboxylic acids is 1. The summed E-state index contributed by atoms with van der Waals surface area (Å²) in [6, 6.07) is 7.75. The molecule has 5 aliphatic carbocycles. The highest BCUT2D eigenvalue weighted by atomic mass is 35.5. The van der Waals surface area contributed by atoms with Crippen LogP contribution in [0.25, 0.3) is 0 Å². The molecular weight excluding hydrogens is 736 g/mol. The third-order valence-corrected chi connectivity index (χ3v) is 17.5. The number of ketones is 1. The molecule has 4 saturated carbocycles. The van der Waals surface area contributed by atoms with Crippen LogP contribution in [0, 0.1) is 62.1 Å². The summed E-state index contributed by atoms with van der Waals surface area (Å²) in [5.41, 5.74) is 1.98. The van der Waals surface area contributed by atoms with Crippen molar-refractivity contribution < 1.29 is 29.0 Å². The van der Waals surface area contributed by atoms with Gasteiger partial charge in [-0.2, -0.15) is 0 Å². The Morgan fingerprint density at radius 2 is 1.60 bits per heavy atom. The highest BCUT2D eigenvalue weighted by Gasteiger charge is 2.70. The average molecular weight is 808 g/mol. The van der Waals surface area contributed by atoms with Crippen molar-refractivity contribution in [1.82, 2.24) is 10.2 Å². The van der Waals surface area contributed by atoms with Gasteiger partial charge >= 0.3 is 11.9 Å². The Morgan fingerprint density at radius 3 is 2.21 bits per heavy atom. The van der Waals surface area contributed by atoms with Gasteiger partial charge in [-0.15, -0.1) is 0 Å². The average Bonchev–Trinajstić information content (AvgIpc) is 3.43. The number of fused-ring (bicyclic) bond motifs is 7. The number of amides is 1. The molecule has 9 heteroatoms. The van der Waals surface area contributed by atoms with Gasteiger partial charge in [0.2, 0.25) is 5.91 Å². The molecule has 9 atom stereocenters. The van der Waals surface area contributed by atoms with Gasteiger partial charge in [-0.3, -0.25) is 19.2 Å². The zero-order valence-electron chi connectivity index (χ0n) is 36.8. The SMILES string of the molecule is CNCC(=O)N(Cc1ccc(Cl)cc1)CC(C)C12CCC3(C)C(CCC4C5(C)CCC(OC(=O)CC(C)(C)C(=O)O)C(C)(C)C5CCC43C)C1=C(C(C)C)C(=O)C2. The zero-order valence-corrected chi connectivity index (χ0v) is 37.5. The third-order valence-electron chi connectivity index (χ3n) is 17.3. The van der Waals surface area contributed by atoms with Crippen molar-refractivity contribution in [3.05, 3.63) is 46.0 Å². The predicted molar refractivity (Wildman–Crippen MR) is 225 cm³/mol. The number of halogens is 1. The number of nitrogens with one attached hydrogen (secondary N) is 1. The molecule has 1 amide bonds. The van der Waals surface area contributed by atoms with Crippen molar-refractivity contribution in [2.45, 2.75) is 146 Å². The van der Waals surface area contributed by atoms with Crippen LogP contribution in [0.5, 0.6) is 0 Å². The summed E-state index contributed by atoms with van der Waals surface area (Å²) in [7, 11) is 1.81. The van der Waals surface area contributed by atoms with Gasteiger partial charge in [0.1, 0.15) is 6.10 Å². The van der Waals surface area contributed by atoms with Crippen molar-refractivity contribution in [3.63, 3.8) is 0 Å². The van der Waals surface area contributed by atoms with E-state index < -0.39 is 17.4 Å². The number of esters is 1. The van der Waals surface area contributed by atoms with Gasteiger partial charge in [0.25, 0.3) is 0 Å². The lowest BCUT2D eigenvalue weighted by atomic mass is 9.32. The Kier molecular flexibility index (Phi) is 11.8. The Labute approximate surface area is 347 Å². The summed E-state index contributed by atoms with van der Waals surface area (Å²) >= 11 is 6.22. The van der Waals surface area contributed by atoms with E-state index >= 15 is 0 Å². The minimum atomic E-state index is -1.17. The highest BCUT2D eigenvalue weighted by Crippen LogP contribution is 2.77. The van der Waals surface area contributed by atoms with Crippen LogP contribution in [0.1, 0.15) is 139 Å². The lowest BCUT2D eigenvalue weighted by Gasteiger charge is -2.72. The monoisotopic (exact) mass is 807 g/mol. The first-order valence-corrected chi connectivity index (χ1v) is 22.2. The second-order valence-electron chi connectivity index (χ2n) is 21.4. The van der Waals surface area contributed by atoms with E-state index in [-0.39, 0.29) is 63.9 Å². The molecule has 8 nitrogen and oxygen atoms in total. The second kappa shape index (κ2) is 15.4. The fourth-order valence-corrected chi connectivity index (χ4v) is 14.1. The molecule has 57 heavy (non-hydrogen) atoms. The molecular formula is C48H71ClN2O6. The number of carbonyl (C=O) groups excluding carboxylic acids is 3. The van der Waals surface area contributed by atoms with Crippen molar-refractivity contribution in [2.24, 2.45) is 62.1 Å². The molecule has 5 aliphatic rings. The molecule has 0 radical (unpaired) electrons. The molecule has 0 saturated heterocycles. The fraction of sp³-hybridized carbons (Fsp3) is 0.750. The molecule has 1 aromatic carbocycles. The smallest absolute Gasteiger partial charge is 0.309 e. The van der Waals surface area contributed by atoms with Crippen LogP contribution in [0.3, 0.4) is 0 Å². The maximum atomic E-state index is 14.4. The third kappa shape index (κ3) is 7.23. The molecule has 316 valence electrons. The molecule has 2 N–H and O–H groups in total. The number of rotatable bonds is 12. The summed E-state index contributed by atoms with van der Waals surface area (Å²) in [5, 5.41) is 13.4. The molecule has 1 aromatic rings. The Balaban J connectivity index is 1.30. The van der Waals surface area contributed by atoms with Crippen molar-refractivity contribution in [2.75, 3.05) is 20.1 Å². The Hall–Kier alpha value is -2.71. The first-order chi connectivity index (χ1) is 26.5. The number of likely N-dealkylation sites (N-methyl/N-ethyl adjacent to an activating group) is 1. The van der Waals surface area contributed by atoms with E-state index in [2.05, 4.69) is 60.7 Å². The van der Waals surface area contributed by atoms with Gasteiger partial charge in [-0.1, -0.05) is 84.7 Å². The molecule has 0 spiro atoms. The number of nitrogens with zero attached hydrogens (tertiary/aromatic N) is 1. The summed E-state index contributed by atoms with van der Waals surface area (Å²) in [5.74, 6) is 0.362. The zero-order chi connectivity index (χ0) is 42.1. The number of carbonyl (C=O) groups is 4. The summed E-state index contributed by atoms with van der Waals surface area (Å²) in [6.07, 6.45) is 8.23. The van der Waals surface area contributed by atoms with Gasteiger partial charge in [0, 0.05) is 35.4 Å². The molecule has 0 bridgehead atoms. The van der Waals surface area contributed by atoms with E-state index in [0.29, 0.717) is 48.1 Å². The number of carboxylic acids is 1. The van der Waals surface area contributed by atoms with E-state index in [1.54, 1.807) is 13.8 Å². The summed E-state index contributed by atoms with van der Waals surface area (Å²) < 4.78 is 6.20. The van der Waals surface area contributed by atoms with E-state index in [9.17, 15) is 24.3 Å². The lowest BCUT2D eigenvalue weighted by molar-refractivity contribution is -0.234. The van der Waals surface area contributed by atoms with Crippen molar-refractivity contribution in [1.29, 1.82) is 0 Å². The number of allylic oxidation sites excluding steroid dienone is 2. The van der Waals surface area contributed by atoms with Crippen LogP contribution in [0.4, 0.5) is 0 Å². The summed E-state index contributed by atoms with van der Waals surface area (Å²) in [4.78, 5) is 55.0. The summed E-state index contributed by atoms with van der Waals surface area (Å²) in [6.45, 7) is 23.5. The van der Waals surface area contributed by atoms with Gasteiger partial charge < -0.3 is 20.1 Å². The van der Waals surface area contributed by atoms with Gasteiger partial charge in [-0.05, 0) is 141 Å². The minimum absolute atomic E-state index is 0.00796. The van der Waals surface area contributed by atoms with Crippen LogP contribution in [0.15, 0.2) is 35.4 Å². The van der Waals surface area contributed by atoms with Gasteiger partial charge in [0.05, 0.1) is 18.4 Å². The first-order valence-electron chi connectivity index (χ1n) is 21.9.